The average molecular weight is 579 g/mol. The van der Waals surface area contributed by atoms with Gasteiger partial charge in [0.15, 0.2) is 5.78 Å². The van der Waals surface area contributed by atoms with Crippen molar-refractivity contribution in [3.8, 4) is 5.75 Å². The maximum atomic E-state index is 13.1. The van der Waals surface area contributed by atoms with Gasteiger partial charge in [0.2, 0.25) is 5.91 Å². The lowest BCUT2D eigenvalue weighted by molar-refractivity contribution is -0.137. The number of hydrogen-bond acceptors (Lipinski definition) is 5. The topological polar surface area (TPSA) is 105 Å². The summed E-state index contributed by atoms with van der Waals surface area (Å²) in [7, 11) is 0. The first-order valence-electron chi connectivity index (χ1n) is 14.7. The smallest absolute Gasteiger partial charge is 0.326 e. The maximum Gasteiger partial charge on any atom is 0.326 e. The number of nitrogens with one attached hydrogen (secondary N) is 2. The Labute approximate surface area is 252 Å². The molecule has 0 aliphatic carbocycles. The van der Waals surface area contributed by atoms with Gasteiger partial charge < -0.3 is 20.5 Å². The van der Waals surface area contributed by atoms with Crippen LogP contribution in [-0.2, 0) is 22.4 Å². The number of anilines is 1. The average Bonchev–Trinajstić information content (AvgIpc) is 3.04. The molecule has 2 atom stereocenters. The SMILES string of the molecule is CCC(Cc1ccccc1)C(=O)NCCCOc1ccc(CC(Nc2ccccc2C(=O)c2ccccc2)C(=O)O)cc1. The lowest BCUT2D eigenvalue weighted by Crippen LogP contribution is -2.32. The van der Waals surface area contributed by atoms with E-state index >= 15 is 0 Å². The normalized spacial score (nSPS) is 12.1. The van der Waals surface area contributed by atoms with E-state index in [1.165, 1.54) is 0 Å². The number of aliphatic carboxylic acids is 1. The van der Waals surface area contributed by atoms with Crippen LogP contribution in [0, 0.1) is 5.92 Å². The third-order valence-electron chi connectivity index (χ3n) is 7.28. The summed E-state index contributed by atoms with van der Waals surface area (Å²) in [5.74, 6) is -0.518. The molecule has 1 amide bonds. The molecule has 0 saturated heterocycles. The van der Waals surface area contributed by atoms with Gasteiger partial charge in [-0.25, -0.2) is 4.79 Å². The number of ether oxygens (including phenoxy) is 1. The van der Waals surface area contributed by atoms with Crippen LogP contribution in [0.4, 0.5) is 5.69 Å². The van der Waals surface area contributed by atoms with E-state index < -0.39 is 12.0 Å². The molecule has 0 heterocycles. The molecule has 0 fully saturated rings. The predicted molar refractivity (Wildman–Crippen MR) is 169 cm³/mol. The first kappa shape index (κ1) is 31.0. The molecule has 7 nitrogen and oxygen atoms in total. The highest BCUT2D eigenvalue weighted by atomic mass is 16.5. The number of carboxylic acids is 1. The van der Waals surface area contributed by atoms with Crippen LogP contribution in [0.3, 0.4) is 0 Å². The Morgan fingerprint density at radius 1 is 0.767 bits per heavy atom. The molecule has 0 aromatic heterocycles. The van der Waals surface area contributed by atoms with Crippen molar-refractivity contribution in [3.63, 3.8) is 0 Å². The molecular formula is C36H38N2O5. The highest BCUT2D eigenvalue weighted by Gasteiger charge is 2.21. The second-order valence-corrected chi connectivity index (χ2v) is 10.4. The number of carboxylic acid groups (broad SMARTS) is 1. The van der Waals surface area contributed by atoms with Gasteiger partial charge in [0.25, 0.3) is 0 Å². The minimum Gasteiger partial charge on any atom is -0.494 e. The third-order valence-corrected chi connectivity index (χ3v) is 7.28. The maximum absolute atomic E-state index is 13.1. The van der Waals surface area contributed by atoms with Crippen LogP contribution in [0.25, 0.3) is 0 Å². The summed E-state index contributed by atoms with van der Waals surface area (Å²) in [5, 5.41) is 16.0. The number of benzene rings is 4. The fraction of sp³-hybridized carbons (Fsp3) is 0.250. The van der Waals surface area contributed by atoms with Gasteiger partial charge in [-0.15, -0.1) is 0 Å². The number of ketones is 1. The van der Waals surface area contributed by atoms with Crippen molar-refractivity contribution < 1.29 is 24.2 Å². The Kier molecular flexibility index (Phi) is 11.5. The zero-order valence-corrected chi connectivity index (χ0v) is 24.4. The molecular weight excluding hydrogens is 540 g/mol. The van der Waals surface area contributed by atoms with Crippen LogP contribution in [0.1, 0.15) is 46.8 Å². The molecule has 4 aromatic carbocycles. The van der Waals surface area contributed by atoms with E-state index in [2.05, 4.69) is 10.6 Å². The number of carbonyl (C=O) groups excluding carboxylic acids is 2. The van der Waals surface area contributed by atoms with Crippen LogP contribution in [-0.4, -0.2) is 42.0 Å². The minimum absolute atomic E-state index is 0.0576. The molecule has 3 N–H and O–H groups in total. The molecule has 43 heavy (non-hydrogen) atoms. The molecule has 0 aliphatic heterocycles. The predicted octanol–water partition coefficient (Wildman–Crippen LogP) is 6.18. The van der Waals surface area contributed by atoms with Crippen molar-refractivity contribution in [3.05, 3.63) is 131 Å². The van der Waals surface area contributed by atoms with Crippen LogP contribution < -0.4 is 15.4 Å². The molecule has 0 aliphatic rings. The van der Waals surface area contributed by atoms with E-state index in [1.807, 2.05) is 67.6 Å². The summed E-state index contributed by atoms with van der Waals surface area (Å²) in [6.45, 7) is 3.00. The fourth-order valence-corrected chi connectivity index (χ4v) is 4.84. The van der Waals surface area contributed by atoms with Crippen LogP contribution >= 0.6 is 0 Å². The number of hydrogen-bond donors (Lipinski definition) is 3. The van der Waals surface area contributed by atoms with Gasteiger partial charge >= 0.3 is 5.97 Å². The standard InChI is InChI=1S/C36H38N2O5/c1-2-28(24-26-12-5-3-6-13-26)35(40)37-22-11-23-43-30-20-18-27(19-21-30)25-33(36(41)42)38-32-17-10-9-16-31(32)34(39)29-14-7-4-8-15-29/h3-10,12-21,28,33,38H,2,11,22-25H2,1H3,(H,37,40)(H,41,42). The van der Waals surface area contributed by atoms with Crippen LogP contribution in [0.5, 0.6) is 5.75 Å². The van der Waals surface area contributed by atoms with Gasteiger partial charge in [-0.3, -0.25) is 9.59 Å². The fourth-order valence-electron chi connectivity index (χ4n) is 4.84. The second kappa shape index (κ2) is 15.9. The van der Waals surface area contributed by atoms with Crippen molar-refractivity contribution in [2.75, 3.05) is 18.5 Å². The number of carbonyl (C=O) groups is 3. The summed E-state index contributed by atoms with van der Waals surface area (Å²) < 4.78 is 5.84. The zero-order chi connectivity index (χ0) is 30.4. The molecule has 4 aromatic rings. The van der Waals surface area contributed by atoms with E-state index in [4.69, 9.17) is 4.74 Å². The lowest BCUT2D eigenvalue weighted by Gasteiger charge is -2.18. The molecule has 0 saturated carbocycles. The number of rotatable bonds is 16. The van der Waals surface area contributed by atoms with E-state index in [-0.39, 0.29) is 24.0 Å². The lowest BCUT2D eigenvalue weighted by atomic mass is 9.96. The van der Waals surface area contributed by atoms with Crippen LogP contribution in [0.15, 0.2) is 109 Å². The van der Waals surface area contributed by atoms with Crippen LogP contribution in [0.2, 0.25) is 0 Å². The Hall–Kier alpha value is -4.91. The van der Waals surface area contributed by atoms with Gasteiger partial charge in [0.05, 0.1) is 6.61 Å². The quantitative estimate of drug-likeness (QED) is 0.108. The molecule has 2 unspecified atom stereocenters. The first-order chi connectivity index (χ1) is 20.9. The highest BCUT2D eigenvalue weighted by Crippen LogP contribution is 2.22. The summed E-state index contributed by atoms with van der Waals surface area (Å²) in [6, 6.07) is 32.3. The molecule has 0 bridgehead atoms. The first-order valence-corrected chi connectivity index (χ1v) is 14.7. The van der Waals surface area contributed by atoms with Crippen molar-refractivity contribution in [2.45, 2.75) is 38.6 Å². The van der Waals surface area contributed by atoms with Crippen molar-refractivity contribution in [2.24, 2.45) is 5.92 Å². The second-order valence-electron chi connectivity index (χ2n) is 10.4. The highest BCUT2D eigenvalue weighted by molar-refractivity contribution is 6.12. The molecule has 7 heteroatoms. The molecule has 0 radical (unpaired) electrons. The van der Waals surface area contributed by atoms with E-state index in [9.17, 15) is 19.5 Å². The van der Waals surface area contributed by atoms with Crippen molar-refractivity contribution in [1.29, 1.82) is 0 Å². The summed E-state index contributed by atoms with van der Waals surface area (Å²) in [4.78, 5) is 37.8. The minimum atomic E-state index is -1.02. The van der Waals surface area contributed by atoms with Gasteiger partial charge in [0, 0.05) is 35.7 Å². The number of amides is 1. The molecule has 222 valence electrons. The zero-order valence-electron chi connectivity index (χ0n) is 24.4. The molecule has 0 spiro atoms. The van der Waals surface area contributed by atoms with Gasteiger partial charge in [-0.1, -0.05) is 91.9 Å². The van der Waals surface area contributed by atoms with Gasteiger partial charge in [-0.05, 0) is 54.7 Å². The van der Waals surface area contributed by atoms with Crippen molar-refractivity contribution >= 4 is 23.3 Å². The van der Waals surface area contributed by atoms with Gasteiger partial charge in [0.1, 0.15) is 11.8 Å². The van der Waals surface area contributed by atoms with Gasteiger partial charge in [-0.2, -0.15) is 0 Å². The monoisotopic (exact) mass is 578 g/mol. The Morgan fingerprint density at radius 3 is 2.07 bits per heavy atom. The summed E-state index contributed by atoms with van der Waals surface area (Å²) in [5.41, 5.74) is 3.40. The number of para-hydroxylation sites is 1. The largest absolute Gasteiger partial charge is 0.494 e. The summed E-state index contributed by atoms with van der Waals surface area (Å²) >= 11 is 0. The van der Waals surface area contributed by atoms with E-state index in [0.29, 0.717) is 42.1 Å². The Morgan fingerprint density at radius 2 is 1.40 bits per heavy atom. The molecule has 4 rings (SSSR count). The Balaban J connectivity index is 1.25. The van der Waals surface area contributed by atoms with E-state index in [1.54, 1.807) is 48.5 Å². The summed E-state index contributed by atoms with van der Waals surface area (Å²) in [6.07, 6.45) is 2.39. The Bertz CT molecular complexity index is 1470. The third kappa shape index (κ3) is 9.30. The van der Waals surface area contributed by atoms with E-state index in [0.717, 1.165) is 24.0 Å². The van der Waals surface area contributed by atoms with Crippen molar-refractivity contribution in [1.82, 2.24) is 5.32 Å².